The number of thiazole rings is 1. The molecule has 2 aromatic rings. The number of benzene rings is 1. The molecule has 2 N–H and O–H groups in total. The fourth-order valence-electron chi connectivity index (χ4n) is 2.14. The van der Waals surface area contributed by atoms with E-state index in [9.17, 15) is 10.2 Å². The van der Waals surface area contributed by atoms with Crippen molar-refractivity contribution in [2.75, 3.05) is 13.2 Å². The van der Waals surface area contributed by atoms with E-state index in [1.165, 1.54) is 4.88 Å². The average molecular weight is 277 g/mol. The number of hydrogen-bond acceptors (Lipinski definition) is 4. The summed E-state index contributed by atoms with van der Waals surface area (Å²) in [6.45, 7) is 3.84. The van der Waals surface area contributed by atoms with Crippen LogP contribution in [0.5, 0.6) is 0 Å². The van der Waals surface area contributed by atoms with Crippen LogP contribution in [0.15, 0.2) is 30.3 Å². The number of hydrogen-bond donors (Lipinski definition) is 2. The average Bonchev–Trinajstić information content (AvgIpc) is 2.76. The second-order valence-electron chi connectivity index (χ2n) is 4.89. The van der Waals surface area contributed by atoms with Crippen molar-refractivity contribution in [2.45, 2.75) is 25.7 Å². The first-order valence-electron chi connectivity index (χ1n) is 6.31. The van der Waals surface area contributed by atoms with E-state index in [4.69, 9.17) is 0 Å². The first-order valence-corrected chi connectivity index (χ1v) is 7.13. The van der Waals surface area contributed by atoms with E-state index in [1.807, 2.05) is 44.2 Å². The van der Waals surface area contributed by atoms with E-state index in [1.54, 1.807) is 11.3 Å². The summed E-state index contributed by atoms with van der Waals surface area (Å²) >= 11 is 1.63. The number of aromatic nitrogens is 1. The van der Waals surface area contributed by atoms with Crippen molar-refractivity contribution < 1.29 is 10.2 Å². The molecule has 0 aliphatic heterocycles. The standard InChI is InChI=1S/C15H19NO2S/c1-11-12(2)19-14(16-11)8-15(9-17,10-18)13-6-4-3-5-7-13/h3-7,17-18H,8-10H2,1-2H3. The molecule has 4 heteroatoms. The smallest absolute Gasteiger partial charge is 0.0941 e. The summed E-state index contributed by atoms with van der Waals surface area (Å²) in [7, 11) is 0. The fraction of sp³-hybridized carbons (Fsp3) is 0.400. The zero-order valence-corrected chi connectivity index (χ0v) is 12.1. The van der Waals surface area contributed by atoms with E-state index in [0.717, 1.165) is 16.3 Å². The summed E-state index contributed by atoms with van der Waals surface area (Å²) in [6, 6.07) is 9.67. The van der Waals surface area contributed by atoms with E-state index in [-0.39, 0.29) is 13.2 Å². The number of nitrogens with zero attached hydrogens (tertiary/aromatic N) is 1. The molecule has 0 bridgehead atoms. The Morgan fingerprint density at radius 1 is 1.11 bits per heavy atom. The second-order valence-corrected chi connectivity index (χ2v) is 6.18. The van der Waals surface area contributed by atoms with Gasteiger partial charge in [0.2, 0.25) is 0 Å². The van der Waals surface area contributed by atoms with E-state index in [2.05, 4.69) is 4.98 Å². The molecule has 102 valence electrons. The summed E-state index contributed by atoms with van der Waals surface area (Å²) in [4.78, 5) is 5.70. The van der Waals surface area contributed by atoms with Crippen LogP contribution >= 0.6 is 11.3 Å². The van der Waals surface area contributed by atoms with Gasteiger partial charge in [-0.25, -0.2) is 4.98 Å². The lowest BCUT2D eigenvalue weighted by molar-refractivity contribution is 0.116. The van der Waals surface area contributed by atoms with E-state index < -0.39 is 5.41 Å². The Hall–Kier alpha value is -1.23. The van der Waals surface area contributed by atoms with Gasteiger partial charge in [-0.05, 0) is 19.4 Å². The van der Waals surface area contributed by atoms with Gasteiger partial charge in [-0.1, -0.05) is 30.3 Å². The molecule has 0 spiro atoms. The Bertz CT molecular complexity index is 513. The van der Waals surface area contributed by atoms with Crippen LogP contribution in [-0.2, 0) is 11.8 Å². The molecule has 3 nitrogen and oxygen atoms in total. The van der Waals surface area contributed by atoms with E-state index in [0.29, 0.717) is 6.42 Å². The molecule has 1 heterocycles. The molecule has 0 unspecified atom stereocenters. The molecule has 19 heavy (non-hydrogen) atoms. The van der Waals surface area contributed by atoms with Gasteiger partial charge in [0, 0.05) is 16.7 Å². The first-order chi connectivity index (χ1) is 9.11. The second kappa shape index (κ2) is 5.82. The number of rotatable bonds is 5. The summed E-state index contributed by atoms with van der Waals surface area (Å²) in [5.41, 5.74) is 1.32. The molecule has 0 saturated carbocycles. The predicted molar refractivity (Wildman–Crippen MR) is 77.6 cm³/mol. The molecule has 0 saturated heterocycles. The van der Waals surface area contributed by atoms with Crippen LogP contribution in [0.1, 0.15) is 21.1 Å². The van der Waals surface area contributed by atoms with Crippen molar-refractivity contribution in [1.29, 1.82) is 0 Å². The molecule has 0 amide bonds. The lowest BCUT2D eigenvalue weighted by Gasteiger charge is -2.29. The lowest BCUT2D eigenvalue weighted by atomic mass is 9.79. The quantitative estimate of drug-likeness (QED) is 0.881. The van der Waals surface area contributed by atoms with Crippen molar-refractivity contribution in [1.82, 2.24) is 4.98 Å². The molecule has 0 aliphatic carbocycles. The maximum absolute atomic E-state index is 9.78. The van der Waals surface area contributed by atoms with Gasteiger partial charge in [0.15, 0.2) is 0 Å². The monoisotopic (exact) mass is 277 g/mol. The molecule has 0 aliphatic rings. The maximum atomic E-state index is 9.78. The zero-order valence-electron chi connectivity index (χ0n) is 11.3. The van der Waals surface area contributed by atoms with Gasteiger partial charge in [0.25, 0.3) is 0 Å². The van der Waals surface area contributed by atoms with Gasteiger partial charge >= 0.3 is 0 Å². The summed E-state index contributed by atoms with van der Waals surface area (Å²) in [6.07, 6.45) is 0.559. The fourth-order valence-corrected chi connectivity index (χ4v) is 3.22. The van der Waals surface area contributed by atoms with Gasteiger partial charge in [0.05, 0.1) is 23.9 Å². The minimum absolute atomic E-state index is 0.0921. The van der Waals surface area contributed by atoms with Crippen LogP contribution in [0.4, 0.5) is 0 Å². The van der Waals surface area contributed by atoms with Crippen molar-refractivity contribution >= 4 is 11.3 Å². The van der Waals surface area contributed by atoms with Gasteiger partial charge in [-0.3, -0.25) is 0 Å². The van der Waals surface area contributed by atoms with Crippen LogP contribution in [0.3, 0.4) is 0 Å². The minimum Gasteiger partial charge on any atom is -0.395 e. The summed E-state index contributed by atoms with van der Waals surface area (Å²) < 4.78 is 0. The predicted octanol–water partition coefficient (Wildman–Crippen LogP) is 2.23. The molecule has 1 aromatic carbocycles. The van der Waals surface area contributed by atoms with E-state index >= 15 is 0 Å². The van der Waals surface area contributed by atoms with Crippen molar-refractivity contribution in [2.24, 2.45) is 0 Å². The third-order valence-corrected chi connectivity index (χ3v) is 4.63. The Morgan fingerprint density at radius 2 is 1.74 bits per heavy atom. The molecule has 0 radical (unpaired) electrons. The summed E-state index contributed by atoms with van der Waals surface area (Å²) in [5.74, 6) is 0. The lowest BCUT2D eigenvalue weighted by Crippen LogP contribution is -2.37. The Labute approximate surface area is 117 Å². The molecular weight excluding hydrogens is 258 g/mol. The maximum Gasteiger partial charge on any atom is 0.0941 e. The highest BCUT2D eigenvalue weighted by Gasteiger charge is 2.32. The zero-order chi connectivity index (χ0) is 13.9. The summed E-state index contributed by atoms with van der Waals surface area (Å²) in [5, 5.41) is 20.5. The third kappa shape index (κ3) is 2.86. The molecule has 0 fully saturated rings. The highest BCUT2D eigenvalue weighted by atomic mass is 32.1. The molecule has 1 aromatic heterocycles. The van der Waals surface area contributed by atoms with Crippen LogP contribution in [0, 0.1) is 13.8 Å². The largest absolute Gasteiger partial charge is 0.395 e. The highest BCUT2D eigenvalue weighted by molar-refractivity contribution is 7.11. The molecule has 0 atom stereocenters. The van der Waals surface area contributed by atoms with Crippen molar-refractivity contribution in [3.63, 3.8) is 0 Å². The van der Waals surface area contributed by atoms with Crippen LogP contribution < -0.4 is 0 Å². The van der Waals surface area contributed by atoms with Crippen LogP contribution in [-0.4, -0.2) is 28.4 Å². The molecular formula is C15H19NO2S. The van der Waals surface area contributed by atoms with Gasteiger partial charge in [0.1, 0.15) is 0 Å². The van der Waals surface area contributed by atoms with Crippen molar-refractivity contribution in [3.8, 4) is 0 Å². The van der Waals surface area contributed by atoms with Gasteiger partial charge in [-0.2, -0.15) is 0 Å². The number of aryl methyl sites for hydroxylation is 2. The van der Waals surface area contributed by atoms with Gasteiger partial charge in [-0.15, -0.1) is 11.3 Å². The minimum atomic E-state index is -0.655. The normalized spacial score (nSPS) is 11.8. The number of aliphatic hydroxyl groups is 2. The molecule has 2 rings (SSSR count). The van der Waals surface area contributed by atoms with Crippen LogP contribution in [0.2, 0.25) is 0 Å². The highest BCUT2D eigenvalue weighted by Crippen LogP contribution is 2.30. The van der Waals surface area contributed by atoms with Crippen LogP contribution in [0.25, 0.3) is 0 Å². The first kappa shape index (κ1) is 14.2. The Kier molecular flexibility index (Phi) is 4.34. The topological polar surface area (TPSA) is 53.4 Å². The van der Waals surface area contributed by atoms with Crippen molar-refractivity contribution in [3.05, 3.63) is 51.5 Å². The third-order valence-electron chi connectivity index (χ3n) is 3.55. The Balaban J connectivity index is 2.35. The Morgan fingerprint density at radius 3 is 2.21 bits per heavy atom. The van der Waals surface area contributed by atoms with Gasteiger partial charge < -0.3 is 10.2 Å². The SMILES string of the molecule is Cc1nc(CC(CO)(CO)c2ccccc2)sc1C. The number of aliphatic hydroxyl groups excluding tert-OH is 2.